The molecule has 1 saturated heterocycles. The van der Waals surface area contributed by atoms with Crippen LogP contribution in [0.2, 0.25) is 0 Å². The minimum absolute atomic E-state index is 0.0655. The number of carbonyl (C=O) groups excluding carboxylic acids is 3. The number of hydrogen-bond acceptors (Lipinski definition) is 10. The number of nitrogens with zero attached hydrogens (tertiary/aromatic N) is 6. The fraction of sp³-hybridized carbons (Fsp3) is 0.300. The Morgan fingerprint density at radius 2 is 2.00 bits per heavy atom. The number of hydrogen-bond donors (Lipinski definition) is 6. The number of aromatic nitrogens is 4. The number of nitrogens with two attached hydrogens (primary N) is 2. The molecule has 1 aromatic heterocycles. The molecule has 1 fully saturated rings. The van der Waals surface area contributed by atoms with Crippen LogP contribution in [0.1, 0.15) is 11.6 Å². The van der Waals surface area contributed by atoms with Crippen molar-refractivity contribution in [1.29, 1.82) is 0 Å². The van der Waals surface area contributed by atoms with Crippen LogP contribution in [-0.4, -0.2) is 88.0 Å². The molecular formula is C20H22N10O6S2. The van der Waals surface area contributed by atoms with Crippen LogP contribution in [0, 0.1) is 0 Å². The smallest absolute Gasteiger partial charge is 0.352 e. The summed E-state index contributed by atoms with van der Waals surface area (Å²) in [6, 6.07) is 2.08. The number of carboxylic acid groups (broad SMARTS) is 1. The molecule has 8 N–H and O–H groups in total. The summed E-state index contributed by atoms with van der Waals surface area (Å²) in [5.41, 5.74) is 11.1. The third kappa shape index (κ3) is 5.49. The minimum Gasteiger partial charge on any atom is -0.508 e. The fourth-order valence-electron chi connectivity index (χ4n) is 3.77. The van der Waals surface area contributed by atoms with Crippen LogP contribution in [0.15, 0.2) is 45.7 Å². The third-order valence-electron chi connectivity index (χ3n) is 5.49. The molecule has 0 bridgehead atoms. The van der Waals surface area contributed by atoms with Gasteiger partial charge in [0.2, 0.25) is 11.1 Å². The van der Waals surface area contributed by atoms with Crippen LogP contribution in [-0.2, 0) is 21.4 Å². The van der Waals surface area contributed by atoms with E-state index in [4.69, 9.17) is 11.5 Å². The van der Waals surface area contributed by atoms with E-state index in [1.807, 2.05) is 0 Å². The van der Waals surface area contributed by atoms with Crippen molar-refractivity contribution in [2.24, 2.45) is 23.5 Å². The van der Waals surface area contributed by atoms with Crippen molar-refractivity contribution in [2.45, 2.75) is 22.6 Å². The number of aliphatic imine (C=N–C) groups is 1. The minimum atomic E-state index is -1.32. The van der Waals surface area contributed by atoms with Gasteiger partial charge in [0.15, 0.2) is 5.96 Å². The molecule has 0 radical (unpaired) electrons. The lowest BCUT2D eigenvalue weighted by molar-refractivity contribution is -0.150. The molecule has 38 heavy (non-hydrogen) atoms. The number of amides is 4. The molecule has 18 heteroatoms. The number of carboxylic acids is 1. The molecule has 2 unspecified atom stereocenters. The fourth-order valence-corrected chi connectivity index (χ4v) is 6.10. The molecule has 2 aromatic rings. The van der Waals surface area contributed by atoms with Gasteiger partial charge in [0.05, 0.1) is 0 Å². The molecule has 16 nitrogen and oxygen atoms in total. The first kappa shape index (κ1) is 26.7. The van der Waals surface area contributed by atoms with Gasteiger partial charge in [0.1, 0.15) is 28.9 Å². The van der Waals surface area contributed by atoms with Crippen molar-refractivity contribution in [3.63, 3.8) is 0 Å². The van der Waals surface area contributed by atoms with Crippen molar-refractivity contribution in [1.82, 2.24) is 35.7 Å². The number of fused-ring (bicyclic) bond motifs is 1. The van der Waals surface area contributed by atoms with E-state index in [1.165, 1.54) is 52.5 Å². The Balaban J connectivity index is 1.51. The summed E-state index contributed by atoms with van der Waals surface area (Å²) in [7, 11) is 1.65. The van der Waals surface area contributed by atoms with Gasteiger partial charge in [-0.3, -0.25) is 14.5 Å². The molecular weight excluding hydrogens is 540 g/mol. The SMILES string of the molecule is Cn1nnnc1SCC1=C(C(=O)O)N2C(=O)C(NC(=O)C(NC(=O)N=C(N)N)c3ccc(O)cc3)[C@@H]2SC1. The van der Waals surface area contributed by atoms with Gasteiger partial charge < -0.3 is 32.3 Å². The number of nitrogens with one attached hydrogen (secondary N) is 2. The second-order valence-corrected chi connectivity index (χ2v) is 10.1. The van der Waals surface area contributed by atoms with Crippen LogP contribution < -0.4 is 22.1 Å². The van der Waals surface area contributed by atoms with E-state index < -0.39 is 47.2 Å². The standard InChI is InChI=1S/C20H22N10O6S2/c1-29-20(26-27-28-29)38-7-9-6-37-16-12(15(33)30(16)13(9)17(34)35)23-14(32)11(24-19(36)25-18(21)22)8-2-4-10(31)5-3-8/h2-5,11-12,16,31H,6-7H2,1H3,(H,23,32)(H,34,35)(H5,21,22,24,25,36)/t11?,12?,16-/m0/s1. The Kier molecular flexibility index (Phi) is 7.72. The molecule has 2 aliphatic rings. The van der Waals surface area contributed by atoms with Crippen LogP contribution >= 0.6 is 23.5 Å². The Hall–Kier alpha value is -4.32. The van der Waals surface area contributed by atoms with Gasteiger partial charge in [0.25, 0.3) is 5.91 Å². The van der Waals surface area contributed by atoms with E-state index in [2.05, 4.69) is 31.2 Å². The number of aliphatic carboxylic acids is 1. The number of β-lactam (4-membered cyclic amide) rings is 1. The summed E-state index contributed by atoms with van der Waals surface area (Å²) < 4.78 is 1.45. The van der Waals surface area contributed by atoms with Crippen LogP contribution in [0.5, 0.6) is 5.75 Å². The summed E-state index contributed by atoms with van der Waals surface area (Å²) in [4.78, 5) is 54.9. The van der Waals surface area contributed by atoms with Crippen LogP contribution in [0.25, 0.3) is 0 Å². The lowest BCUT2D eigenvalue weighted by Crippen LogP contribution is -2.71. The molecule has 0 aliphatic carbocycles. The van der Waals surface area contributed by atoms with Gasteiger partial charge in [-0.25, -0.2) is 14.3 Å². The molecule has 1 aromatic carbocycles. The van der Waals surface area contributed by atoms with E-state index >= 15 is 0 Å². The maximum absolute atomic E-state index is 13.2. The zero-order valence-corrected chi connectivity index (χ0v) is 21.3. The molecule has 4 rings (SSSR count). The number of carbonyl (C=O) groups is 4. The quantitative estimate of drug-likeness (QED) is 0.0926. The zero-order chi connectivity index (χ0) is 27.6. The molecule has 3 atom stereocenters. The van der Waals surface area contributed by atoms with Gasteiger partial charge in [0, 0.05) is 18.6 Å². The maximum Gasteiger partial charge on any atom is 0.352 e. The first-order chi connectivity index (χ1) is 18.1. The number of thioether (sulfide) groups is 2. The Bertz CT molecular complexity index is 1340. The van der Waals surface area contributed by atoms with Crippen molar-refractivity contribution in [3.8, 4) is 5.75 Å². The largest absolute Gasteiger partial charge is 0.508 e. The number of rotatable bonds is 8. The molecule has 3 heterocycles. The Morgan fingerprint density at radius 1 is 1.29 bits per heavy atom. The van der Waals surface area contributed by atoms with Crippen molar-refractivity contribution in [3.05, 3.63) is 41.1 Å². The summed E-state index contributed by atoms with van der Waals surface area (Å²) >= 11 is 2.52. The Morgan fingerprint density at radius 3 is 2.61 bits per heavy atom. The monoisotopic (exact) mass is 562 g/mol. The topological polar surface area (TPSA) is 244 Å². The number of aromatic hydroxyl groups is 1. The summed E-state index contributed by atoms with van der Waals surface area (Å²) in [5, 5.41) is 35.3. The molecule has 2 aliphatic heterocycles. The lowest BCUT2D eigenvalue weighted by Gasteiger charge is -2.49. The highest BCUT2D eigenvalue weighted by atomic mass is 32.2. The summed E-state index contributed by atoms with van der Waals surface area (Å²) in [5.74, 6) is -2.69. The van der Waals surface area contributed by atoms with Crippen molar-refractivity contribution >= 4 is 53.3 Å². The second kappa shape index (κ2) is 11.0. The highest BCUT2D eigenvalue weighted by molar-refractivity contribution is 8.01. The third-order valence-corrected chi connectivity index (χ3v) is 7.93. The van der Waals surface area contributed by atoms with Gasteiger partial charge in [-0.1, -0.05) is 23.9 Å². The molecule has 0 saturated carbocycles. The molecule has 200 valence electrons. The highest BCUT2D eigenvalue weighted by Gasteiger charge is 2.54. The van der Waals surface area contributed by atoms with Gasteiger partial charge >= 0.3 is 12.0 Å². The van der Waals surface area contributed by atoms with E-state index in [1.54, 1.807) is 7.05 Å². The number of phenols is 1. The van der Waals surface area contributed by atoms with Crippen molar-refractivity contribution < 1.29 is 29.4 Å². The first-order valence-corrected chi connectivity index (χ1v) is 12.8. The number of aryl methyl sites for hydroxylation is 1. The second-order valence-electron chi connectivity index (χ2n) is 8.04. The number of urea groups is 1. The van der Waals surface area contributed by atoms with E-state index in [-0.39, 0.29) is 22.8 Å². The number of phenolic OH excluding ortho intramolecular Hbond substituents is 1. The number of benzene rings is 1. The maximum atomic E-state index is 13.2. The average molecular weight is 563 g/mol. The van der Waals surface area contributed by atoms with Crippen LogP contribution in [0.3, 0.4) is 0 Å². The number of tetrazole rings is 1. The average Bonchev–Trinajstić information content (AvgIpc) is 3.28. The van der Waals surface area contributed by atoms with E-state index in [9.17, 15) is 29.4 Å². The lowest BCUT2D eigenvalue weighted by atomic mass is 10.0. The zero-order valence-electron chi connectivity index (χ0n) is 19.6. The first-order valence-electron chi connectivity index (χ1n) is 10.8. The van der Waals surface area contributed by atoms with Crippen LogP contribution in [0.4, 0.5) is 4.79 Å². The van der Waals surface area contributed by atoms with E-state index in [0.717, 1.165) is 4.90 Å². The predicted octanol–water partition coefficient (Wildman–Crippen LogP) is -1.53. The van der Waals surface area contributed by atoms with Gasteiger partial charge in [-0.2, -0.15) is 4.99 Å². The number of guanidine groups is 1. The molecule has 0 spiro atoms. The van der Waals surface area contributed by atoms with Gasteiger partial charge in [-0.05, 0) is 33.7 Å². The van der Waals surface area contributed by atoms with E-state index in [0.29, 0.717) is 16.5 Å². The summed E-state index contributed by atoms with van der Waals surface area (Å²) in [6.45, 7) is 0. The van der Waals surface area contributed by atoms with Gasteiger partial charge in [-0.15, -0.1) is 16.9 Å². The Labute approximate surface area is 222 Å². The molecule has 4 amide bonds. The normalized spacial score (nSPS) is 19.2. The highest BCUT2D eigenvalue weighted by Crippen LogP contribution is 2.41. The predicted molar refractivity (Wildman–Crippen MR) is 134 cm³/mol. The summed E-state index contributed by atoms with van der Waals surface area (Å²) in [6.07, 6.45) is 0. The van der Waals surface area contributed by atoms with Crippen molar-refractivity contribution in [2.75, 3.05) is 11.5 Å².